The Bertz CT molecular complexity index is 1210. The summed E-state index contributed by atoms with van der Waals surface area (Å²) in [5.41, 5.74) is 1.54. The van der Waals surface area contributed by atoms with Crippen LogP contribution in [0.1, 0.15) is 24.1 Å². The van der Waals surface area contributed by atoms with Crippen molar-refractivity contribution in [2.75, 3.05) is 18.0 Å². The molecule has 0 saturated carbocycles. The second kappa shape index (κ2) is 8.80. The van der Waals surface area contributed by atoms with Crippen LogP contribution in [0, 0.1) is 17.5 Å². The van der Waals surface area contributed by atoms with E-state index in [4.69, 9.17) is 11.6 Å². The highest BCUT2D eigenvalue weighted by atomic mass is 35.5. The molecular weight excluding hydrogens is 469 g/mol. The molecule has 31 heavy (non-hydrogen) atoms. The summed E-state index contributed by atoms with van der Waals surface area (Å²) in [5, 5.41) is 1.98. The lowest BCUT2D eigenvalue weighted by atomic mass is 10.1. The lowest BCUT2D eigenvalue weighted by molar-refractivity contribution is 0.516. The summed E-state index contributed by atoms with van der Waals surface area (Å²) in [6.45, 7) is 0.907. The van der Waals surface area contributed by atoms with Crippen molar-refractivity contribution in [1.29, 1.82) is 0 Å². The Morgan fingerprint density at radius 1 is 1.06 bits per heavy atom. The lowest BCUT2D eigenvalue weighted by Gasteiger charge is -2.31. The van der Waals surface area contributed by atoms with Crippen molar-refractivity contribution < 1.29 is 21.6 Å². The molecule has 0 aliphatic carbocycles. The molecule has 4 rings (SSSR count). The van der Waals surface area contributed by atoms with E-state index in [0.29, 0.717) is 38.4 Å². The van der Waals surface area contributed by atoms with Crippen LogP contribution in [0.2, 0.25) is 5.02 Å². The molecule has 4 nitrogen and oxygen atoms in total. The number of sulfone groups is 1. The maximum atomic E-state index is 14.0. The van der Waals surface area contributed by atoms with Gasteiger partial charge in [0.2, 0.25) is 0 Å². The Balaban J connectivity index is 1.41. The monoisotopic (exact) mass is 486 g/mol. The van der Waals surface area contributed by atoms with E-state index in [9.17, 15) is 21.6 Å². The quantitative estimate of drug-likeness (QED) is 0.462. The number of benzene rings is 2. The van der Waals surface area contributed by atoms with Crippen molar-refractivity contribution in [2.24, 2.45) is 0 Å². The van der Waals surface area contributed by atoms with E-state index in [1.807, 2.05) is 10.3 Å². The highest BCUT2D eigenvalue weighted by molar-refractivity contribution is 7.92. The molecule has 1 aromatic heterocycles. The van der Waals surface area contributed by atoms with Crippen LogP contribution in [0.15, 0.2) is 46.7 Å². The predicted octanol–water partition coefficient (Wildman–Crippen LogP) is 5.25. The first kappa shape index (κ1) is 22.1. The van der Waals surface area contributed by atoms with Crippen LogP contribution in [0.5, 0.6) is 0 Å². The topological polar surface area (TPSA) is 50.3 Å². The molecule has 0 unspecified atom stereocenters. The third-order valence-electron chi connectivity index (χ3n) is 5.26. The molecule has 1 aliphatic heterocycles. The normalized spacial score (nSPS) is 15.4. The van der Waals surface area contributed by atoms with Gasteiger partial charge in [0.25, 0.3) is 0 Å². The Morgan fingerprint density at radius 3 is 2.48 bits per heavy atom. The molecule has 0 amide bonds. The number of thiazole rings is 1. The fraction of sp³-hybridized carbons (Fsp3) is 0.286. The summed E-state index contributed by atoms with van der Waals surface area (Å²) in [6, 6.07) is 7.16. The average molecular weight is 487 g/mol. The number of nitrogens with zero attached hydrogens (tertiary/aromatic N) is 2. The number of rotatable bonds is 5. The van der Waals surface area contributed by atoms with Crippen molar-refractivity contribution in [3.63, 3.8) is 0 Å². The standard InChI is InChI=1S/C21H18ClF3N2O2S2/c22-17-3-1-13(10-18(17)24)9-15-12-30-21(26-15)27-7-5-16(6-8-27)31(28,29)20-4-2-14(23)11-19(20)25/h1-4,10-12,16H,5-9H2. The maximum absolute atomic E-state index is 14.0. The molecular formula is C21H18ClF3N2O2S2. The summed E-state index contributed by atoms with van der Waals surface area (Å²) in [4.78, 5) is 6.12. The zero-order valence-electron chi connectivity index (χ0n) is 16.2. The van der Waals surface area contributed by atoms with E-state index in [-0.39, 0.29) is 5.02 Å². The van der Waals surface area contributed by atoms with Crippen LogP contribution in [0.25, 0.3) is 0 Å². The van der Waals surface area contributed by atoms with Gasteiger partial charge in [-0.2, -0.15) is 0 Å². The summed E-state index contributed by atoms with van der Waals surface area (Å²) in [7, 11) is -3.89. The van der Waals surface area contributed by atoms with Gasteiger partial charge in [-0.05, 0) is 42.7 Å². The van der Waals surface area contributed by atoms with Crippen molar-refractivity contribution in [2.45, 2.75) is 29.4 Å². The molecule has 1 saturated heterocycles. The van der Waals surface area contributed by atoms with Gasteiger partial charge in [-0.15, -0.1) is 11.3 Å². The molecule has 10 heteroatoms. The largest absolute Gasteiger partial charge is 0.348 e. The Morgan fingerprint density at radius 2 is 1.81 bits per heavy atom. The number of hydrogen-bond acceptors (Lipinski definition) is 5. The molecule has 1 fully saturated rings. The van der Waals surface area contributed by atoms with Crippen LogP contribution in [0.3, 0.4) is 0 Å². The van der Waals surface area contributed by atoms with Gasteiger partial charge in [0, 0.05) is 31.0 Å². The summed E-state index contributed by atoms with van der Waals surface area (Å²) in [5.74, 6) is -2.35. The molecule has 1 aliphatic rings. The molecule has 3 aromatic rings. The molecule has 164 valence electrons. The second-order valence-corrected chi connectivity index (χ2v) is 10.8. The van der Waals surface area contributed by atoms with Crippen LogP contribution in [-0.2, 0) is 16.3 Å². The van der Waals surface area contributed by atoms with Crippen LogP contribution in [0.4, 0.5) is 18.3 Å². The third kappa shape index (κ3) is 4.73. The first-order valence-electron chi connectivity index (χ1n) is 9.56. The first-order valence-corrected chi connectivity index (χ1v) is 12.4. The van der Waals surface area contributed by atoms with E-state index < -0.39 is 37.4 Å². The SMILES string of the molecule is O=S(=O)(c1ccc(F)cc1F)C1CCN(c2nc(Cc3ccc(Cl)c(F)c3)cs2)CC1. The molecule has 2 heterocycles. The molecule has 0 bridgehead atoms. The van der Waals surface area contributed by atoms with Gasteiger partial charge in [0.1, 0.15) is 22.3 Å². The van der Waals surface area contributed by atoms with Crippen LogP contribution < -0.4 is 4.90 Å². The molecule has 2 aromatic carbocycles. The van der Waals surface area contributed by atoms with E-state index in [0.717, 1.165) is 28.5 Å². The second-order valence-electron chi connectivity index (χ2n) is 7.35. The van der Waals surface area contributed by atoms with Crippen molar-refractivity contribution >= 4 is 37.9 Å². The Hall–Kier alpha value is -2.10. The zero-order valence-corrected chi connectivity index (χ0v) is 18.6. The van der Waals surface area contributed by atoms with Gasteiger partial charge in [0.05, 0.1) is 16.0 Å². The number of halogens is 4. The van der Waals surface area contributed by atoms with Crippen LogP contribution >= 0.6 is 22.9 Å². The minimum absolute atomic E-state index is 0.0704. The molecule has 0 spiro atoms. The minimum atomic E-state index is -3.89. The fourth-order valence-corrected chi connectivity index (χ4v) is 6.40. The average Bonchev–Trinajstić information content (AvgIpc) is 3.19. The van der Waals surface area contributed by atoms with E-state index in [1.54, 1.807) is 6.07 Å². The van der Waals surface area contributed by atoms with Crippen LogP contribution in [-0.4, -0.2) is 31.7 Å². The van der Waals surface area contributed by atoms with Gasteiger partial charge in [0.15, 0.2) is 15.0 Å². The number of hydrogen-bond donors (Lipinski definition) is 0. The Labute approximate surface area is 187 Å². The molecule has 0 N–H and O–H groups in total. The maximum Gasteiger partial charge on any atom is 0.185 e. The number of anilines is 1. The van der Waals surface area contributed by atoms with Gasteiger partial charge in [-0.1, -0.05) is 17.7 Å². The fourth-order valence-electron chi connectivity index (χ4n) is 3.62. The Kier molecular flexibility index (Phi) is 6.27. The zero-order chi connectivity index (χ0) is 22.2. The highest BCUT2D eigenvalue weighted by Crippen LogP contribution is 2.30. The van der Waals surface area contributed by atoms with Gasteiger partial charge in [-0.3, -0.25) is 0 Å². The summed E-state index contributed by atoms with van der Waals surface area (Å²) < 4.78 is 66.3. The molecule has 0 atom stereocenters. The predicted molar refractivity (Wildman–Crippen MR) is 115 cm³/mol. The van der Waals surface area contributed by atoms with Crippen molar-refractivity contribution in [3.05, 3.63) is 75.5 Å². The number of aromatic nitrogens is 1. The van der Waals surface area contributed by atoms with E-state index in [1.165, 1.54) is 23.5 Å². The van der Waals surface area contributed by atoms with Crippen molar-refractivity contribution in [1.82, 2.24) is 4.98 Å². The number of piperidine rings is 1. The summed E-state index contributed by atoms with van der Waals surface area (Å²) in [6.07, 6.45) is 1.09. The van der Waals surface area contributed by atoms with Crippen molar-refractivity contribution in [3.8, 4) is 0 Å². The van der Waals surface area contributed by atoms with E-state index >= 15 is 0 Å². The highest BCUT2D eigenvalue weighted by Gasteiger charge is 2.34. The minimum Gasteiger partial charge on any atom is -0.348 e. The lowest BCUT2D eigenvalue weighted by Crippen LogP contribution is -2.39. The van der Waals surface area contributed by atoms with Gasteiger partial charge >= 0.3 is 0 Å². The molecule has 0 radical (unpaired) electrons. The first-order chi connectivity index (χ1) is 14.7. The van der Waals surface area contributed by atoms with Gasteiger partial charge in [-0.25, -0.2) is 26.6 Å². The smallest absolute Gasteiger partial charge is 0.185 e. The van der Waals surface area contributed by atoms with E-state index in [2.05, 4.69) is 4.98 Å². The third-order valence-corrected chi connectivity index (χ3v) is 8.81. The van der Waals surface area contributed by atoms with Gasteiger partial charge < -0.3 is 4.90 Å². The summed E-state index contributed by atoms with van der Waals surface area (Å²) >= 11 is 7.15.